The van der Waals surface area contributed by atoms with Crippen LogP contribution in [0.15, 0.2) is 0 Å². The van der Waals surface area contributed by atoms with Crippen LogP contribution < -0.4 is 5.32 Å². The second-order valence-electron chi connectivity index (χ2n) is 6.33. The van der Waals surface area contributed by atoms with E-state index in [9.17, 15) is 23.1 Å². The molecule has 0 aromatic rings. The number of carbonyl (C=O) groups is 2. The minimum Gasteiger partial charge on any atom is -0.480 e. The SMILES string of the molecule is CCN(CC(=O)NC1(C)CCS(=O)(=O)C1)C(C)(C)C(=O)O. The van der Waals surface area contributed by atoms with E-state index in [-0.39, 0.29) is 24.0 Å². The van der Waals surface area contributed by atoms with Crippen molar-refractivity contribution >= 4 is 21.7 Å². The van der Waals surface area contributed by atoms with Gasteiger partial charge in [-0.3, -0.25) is 14.5 Å². The number of rotatable bonds is 6. The smallest absolute Gasteiger partial charge is 0.323 e. The van der Waals surface area contributed by atoms with Crippen molar-refractivity contribution in [1.29, 1.82) is 0 Å². The highest BCUT2D eigenvalue weighted by Gasteiger charge is 2.40. The van der Waals surface area contributed by atoms with Crippen molar-refractivity contribution in [3.63, 3.8) is 0 Å². The summed E-state index contributed by atoms with van der Waals surface area (Å²) in [6, 6.07) is 0. The lowest BCUT2D eigenvalue weighted by Crippen LogP contribution is -2.56. The van der Waals surface area contributed by atoms with E-state index in [1.165, 1.54) is 18.7 Å². The van der Waals surface area contributed by atoms with Crippen molar-refractivity contribution < 1.29 is 23.1 Å². The van der Waals surface area contributed by atoms with Gasteiger partial charge >= 0.3 is 5.97 Å². The zero-order chi connectivity index (χ0) is 16.5. The summed E-state index contributed by atoms with van der Waals surface area (Å²) in [6.07, 6.45) is 0.384. The summed E-state index contributed by atoms with van der Waals surface area (Å²) in [7, 11) is -3.10. The number of hydrogen-bond acceptors (Lipinski definition) is 5. The Balaban J connectivity index is 2.71. The molecule has 0 saturated carbocycles. The topological polar surface area (TPSA) is 104 Å². The number of nitrogens with zero attached hydrogens (tertiary/aromatic N) is 1. The maximum Gasteiger partial charge on any atom is 0.323 e. The fourth-order valence-electron chi connectivity index (χ4n) is 2.50. The molecule has 1 aliphatic rings. The molecule has 122 valence electrons. The number of hydrogen-bond donors (Lipinski definition) is 2. The summed E-state index contributed by atoms with van der Waals surface area (Å²) in [4.78, 5) is 24.9. The third-order valence-corrected chi connectivity index (χ3v) is 5.88. The third-order valence-electron chi connectivity index (χ3n) is 3.97. The van der Waals surface area contributed by atoms with Crippen LogP contribution in [-0.4, -0.2) is 66.0 Å². The molecule has 0 aromatic heterocycles. The van der Waals surface area contributed by atoms with Crippen molar-refractivity contribution in [2.24, 2.45) is 0 Å². The number of amides is 1. The summed E-state index contributed by atoms with van der Waals surface area (Å²) in [5.74, 6) is -1.36. The molecular weight excluding hydrogens is 296 g/mol. The van der Waals surface area contributed by atoms with Gasteiger partial charge in [0.05, 0.1) is 23.6 Å². The van der Waals surface area contributed by atoms with Gasteiger partial charge in [0, 0.05) is 0 Å². The molecule has 1 fully saturated rings. The van der Waals surface area contributed by atoms with Gasteiger partial charge < -0.3 is 10.4 Å². The van der Waals surface area contributed by atoms with Crippen LogP contribution in [0.25, 0.3) is 0 Å². The molecular formula is C13H24N2O5S. The van der Waals surface area contributed by atoms with Gasteiger partial charge in [0.2, 0.25) is 5.91 Å². The van der Waals surface area contributed by atoms with E-state index in [0.29, 0.717) is 13.0 Å². The molecule has 0 radical (unpaired) electrons. The van der Waals surface area contributed by atoms with Gasteiger partial charge in [-0.1, -0.05) is 6.92 Å². The monoisotopic (exact) mass is 320 g/mol. The molecule has 1 aliphatic heterocycles. The van der Waals surface area contributed by atoms with Gasteiger partial charge in [0.15, 0.2) is 9.84 Å². The van der Waals surface area contributed by atoms with E-state index in [4.69, 9.17) is 0 Å². The Kier molecular flexibility index (Phi) is 5.05. The molecule has 0 aliphatic carbocycles. The Labute approximate surface area is 125 Å². The van der Waals surface area contributed by atoms with E-state index in [1.807, 2.05) is 0 Å². The summed E-state index contributed by atoms with van der Waals surface area (Å²) >= 11 is 0. The molecule has 1 heterocycles. The number of aliphatic carboxylic acids is 1. The Morgan fingerprint density at radius 2 is 1.95 bits per heavy atom. The second kappa shape index (κ2) is 5.92. The number of likely N-dealkylation sites (N-methyl/N-ethyl adjacent to an activating group) is 1. The van der Waals surface area contributed by atoms with E-state index >= 15 is 0 Å². The zero-order valence-corrected chi connectivity index (χ0v) is 13.8. The molecule has 1 unspecified atom stereocenters. The van der Waals surface area contributed by atoms with Crippen molar-refractivity contribution in [3.8, 4) is 0 Å². The van der Waals surface area contributed by atoms with Crippen molar-refractivity contribution in [2.45, 2.75) is 45.2 Å². The van der Waals surface area contributed by atoms with Gasteiger partial charge in [0.1, 0.15) is 5.54 Å². The van der Waals surface area contributed by atoms with E-state index in [1.54, 1.807) is 13.8 Å². The van der Waals surface area contributed by atoms with Crippen LogP contribution in [0.5, 0.6) is 0 Å². The molecule has 1 rings (SSSR count). The summed E-state index contributed by atoms with van der Waals surface area (Å²) in [5, 5.41) is 11.9. The van der Waals surface area contributed by atoms with Gasteiger partial charge in [-0.2, -0.15) is 0 Å². The van der Waals surface area contributed by atoms with Crippen LogP contribution in [0, 0.1) is 0 Å². The fraction of sp³-hybridized carbons (Fsp3) is 0.846. The number of carboxylic acid groups (broad SMARTS) is 1. The average Bonchev–Trinajstić information content (AvgIpc) is 2.59. The summed E-state index contributed by atoms with van der Waals surface area (Å²) in [6.45, 7) is 6.88. The van der Waals surface area contributed by atoms with Crippen LogP contribution in [0.1, 0.15) is 34.1 Å². The molecule has 1 saturated heterocycles. The van der Waals surface area contributed by atoms with Crippen LogP contribution in [0.2, 0.25) is 0 Å². The fourth-order valence-corrected chi connectivity index (χ4v) is 4.59. The van der Waals surface area contributed by atoms with E-state index < -0.39 is 26.9 Å². The maximum atomic E-state index is 12.1. The first kappa shape index (κ1) is 17.9. The highest BCUT2D eigenvalue weighted by Crippen LogP contribution is 2.23. The normalized spacial score (nSPS) is 25.0. The highest BCUT2D eigenvalue weighted by molar-refractivity contribution is 7.91. The minimum atomic E-state index is -3.10. The summed E-state index contributed by atoms with van der Waals surface area (Å²) in [5.41, 5.74) is -1.92. The van der Waals surface area contributed by atoms with Crippen LogP contribution in [-0.2, 0) is 19.4 Å². The molecule has 0 aromatic carbocycles. The molecule has 21 heavy (non-hydrogen) atoms. The van der Waals surface area contributed by atoms with Crippen molar-refractivity contribution in [2.75, 3.05) is 24.6 Å². The molecule has 0 spiro atoms. The molecule has 1 amide bonds. The van der Waals surface area contributed by atoms with Gasteiger partial charge in [0.25, 0.3) is 0 Å². The Morgan fingerprint density at radius 3 is 2.33 bits per heavy atom. The van der Waals surface area contributed by atoms with Crippen molar-refractivity contribution in [3.05, 3.63) is 0 Å². The Bertz CT molecular complexity index is 529. The van der Waals surface area contributed by atoms with Gasteiger partial charge in [-0.15, -0.1) is 0 Å². The molecule has 0 bridgehead atoms. The lowest BCUT2D eigenvalue weighted by atomic mass is 10.0. The highest BCUT2D eigenvalue weighted by atomic mass is 32.2. The maximum absolute atomic E-state index is 12.1. The molecule has 1 atom stereocenters. The first-order valence-corrected chi connectivity index (χ1v) is 8.74. The molecule has 7 nitrogen and oxygen atoms in total. The number of carboxylic acids is 1. The first-order valence-electron chi connectivity index (χ1n) is 6.92. The number of sulfone groups is 1. The largest absolute Gasteiger partial charge is 0.480 e. The van der Waals surface area contributed by atoms with Crippen LogP contribution in [0.4, 0.5) is 0 Å². The van der Waals surface area contributed by atoms with Crippen LogP contribution in [0.3, 0.4) is 0 Å². The standard InChI is InChI=1S/C13H24N2O5S/c1-5-15(12(2,3)11(17)18)8-10(16)14-13(4)6-7-21(19,20)9-13/h5-9H2,1-4H3,(H,14,16)(H,17,18). The second-order valence-corrected chi connectivity index (χ2v) is 8.51. The van der Waals surface area contributed by atoms with Crippen LogP contribution >= 0.6 is 0 Å². The zero-order valence-electron chi connectivity index (χ0n) is 13.0. The van der Waals surface area contributed by atoms with Gasteiger partial charge in [-0.25, -0.2) is 8.42 Å². The van der Waals surface area contributed by atoms with Crippen molar-refractivity contribution in [1.82, 2.24) is 10.2 Å². The van der Waals surface area contributed by atoms with E-state index in [2.05, 4.69) is 5.32 Å². The average molecular weight is 320 g/mol. The Morgan fingerprint density at radius 1 is 1.38 bits per heavy atom. The number of carbonyl (C=O) groups excluding carboxylic acids is 1. The number of nitrogens with one attached hydrogen (secondary N) is 1. The Hall–Kier alpha value is -1.15. The molecule has 2 N–H and O–H groups in total. The van der Waals surface area contributed by atoms with E-state index in [0.717, 1.165) is 0 Å². The first-order chi connectivity index (χ1) is 9.42. The summed E-state index contributed by atoms with van der Waals surface area (Å²) < 4.78 is 23.0. The molecule has 8 heteroatoms. The lowest BCUT2D eigenvalue weighted by molar-refractivity contribution is -0.150. The van der Waals surface area contributed by atoms with Gasteiger partial charge in [-0.05, 0) is 33.7 Å². The predicted octanol–water partition coefficient (Wildman–Crippen LogP) is -0.135. The lowest BCUT2D eigenvalue weighted by Gasteiger charge is -2.34. The third kappa shape index (κ3) is 4.41. The minimum absolute atomic E-state index is 0.0693. The quantitative estimate of drug-likeness (QED) is 0.706. The predicted molar refractivity (Wildman–Crippen MR) is 78.8 cm³/mol.